The van der Waals surface area contributed by atoms with Crippen molar-refractivity contribution in [3.8, 4) is 0 Å². The molecular weight excluding hydrogens is 252 g/mol. The topological polar surface area (TPSA) is 100 Å². The maximum atomic E-state index is 11.2. The summed E-state index contributed by atoms with van der Waals surface area (Å²) in [6.07, 6.45) is 1.42. The number of esters is 1. The van der Waals surface area contributed by atoms with Crippen LogP contribution in [-0.4, -0.2) is 33.0 Å². The molecule has 1 heterocycles. The van der Waals surface area contributed by atoms with Crippen molar-refractivity contribution in [2.75, 3.05) is 7.11 Å². The summed E-state index contributed by atoms with van der Waals surface area (Å²) in [7, 11) is 1.25. The number of rotatable bonds is 4. The maximum Gasteiger partial charge on any atom is 0.360 e. The number of nitro benzene ring substituents is 1. The predicted molar refractivity (Wildman–Crippen MR) is 63.6 cm³/mol. The van der Waals surface area contributed by atoms with Gasteiger partial charge in [0.05, 0.1) is 24.8 Å². The van der Waals surface area contributed by atoms with Crippen LogP contribution in [0.5, 0.6) is 0 Å². The van der Waals surface area contributed by atoms with Crippen molar-refractivity contribution in [3.63, 3.8) is 0 Å². The number of nitro groups is 1. The van der Waals surface area contributed by atoms with E-state index in [4.69, 9.17) is 0 Å². The zero-order valence-electron chi connectivity index (χ0n) is 10.0. The quantitative estimate of drug-likeness (QED) is 0.463. The first-order chi connectivity index (χ1) is 9.10. The number of ether oxygens (including phenoxy) is 1. The first kappa shape index (κ1) is 12.7. The minimum absolute atomic E-state index is 0.00538. The van der Waals surface area contributed by atoms with E-state index >= 15 is 0 Å². The minimum atomic E-state index is -0.578. The average molecular weight is 262 g/mol. The van der Waals surface area contributed by atoms with Crippen LogP contribution in [0.4, 0.5) is 5.69 Å². The summed E-state index contributed by atoms with van der Waals surface area (Å²) >= 11 is 0. The molecule has 8 nitrogen and oxygen atoms in total. The Morgan fingerprint density at radius 2 is 2.32 bits per heavy atom. The molecule has 0 aliphatic carbocycles. The Morgan fingerprint density at radius 3 is 3.00 bits per heavy atom. The number of benzene rings is 1. The molecule has 0 aliphatic rings. The molecule has 0 unspecified atom stereocenters. The molecule has 0 bridgehead atoms. The standard InChI is InChI=1S/C11H10N4O4/c1-19-11(16)10-7-14(13-12-10)6-8-3-2-4-9(5-8)15(17)18/h2-5,7H,6H2,1H3. The summed E-state index contributed by atoms with van der Waals surface area (Å²) in [4.78, 5) is 21.4. The molecule has 0 N–H and O–H groups in total. The Bertz CT molecular complexity index is 623. The molecule has 0 aliphatic heterocycles. The van der Waals surface area contributed by atoms with E-state index in [9.17, 15) is 14.9 Å². The van der Waals surface area contributed by atoms with Crippen molar-refractivity contribution >= 4 is 11.7 Å². The highest BCUT2D eigenvalue weighted by molar-refractivity contribution is 5.86. The third-order valence-electron chi connectivity index (χ3n) is 2.40. The van der Waals surface area contributed by atoms with Crippen LogP contribution in [0.1, 0.15) is 16.1 Å². The van der Waals surface area contributed by atoms with Gasteiger partial charge in [-0.3, -0.25) is 10.1 Å². The van der Waals surface area contributed by atoms with Gasteiger partial charge in [0.15, 0.2) is 5.69 Å². The van der Waals surface area contributed by atoms with Gasteiger partial charge in [-0.05, 0) is 5.56 Å². The van der Waals surface area contributed by atoms with Gasteiger partial charge in [0.2, 0.25) is 0 Å². The van der Waals surface area contributed by atoms with Crippen molar-refractivity contribution in [2.24, 2.45) is 0 Å². The van der Waals surface area contributed by atoms with E-state index in [-0.39, 0.29) is 17.9 Å². The van der Waals surface area contributed by atoms with E-state index in [0.717, 1.165) is 0 Å². The van der Waals surface area contributed by atoms with Crippen LogP contribution in [0.2, 0.25) is 0 Å². The summed E-state index contributed by atoms with van der Waals surface area (Å²) in [5.41, 5.74) is 0.786. The van der Waals surface area contributed by atoms with E-state index in [1.807, 2.05) is 0 Å². The smallest absolute Gasteiger partial charge is 0.360 e. The fraction of sp³-hybridized carbons (Fsp3) is 0.182. The predicted octanol–water partition coefficient (Wildman–Crippen LogP) is 1.02. The van der Waals surface area contributed by atoms with Crippen LogP contribution in [0, 0.1) is 10.1 Å². The lowest BCUT2D eigenvalue weighted by atomic mass is 10.2. The molecular formula is C11H10N4O4. The molecule has 2 rings (SSSR count). The lowest BCUT2D eigenvalue weighted by Gasteiger charge is -2.00. The summed E-state index contributed by atoms with van der Waals surface area (Å²) in [5, 5.41) is 18.0. The third-order valence-corrected chi connectivity index (χ3v) is 2.40. The van der Waals surface area contributed by atoms with E-state index in [1.54, 1.807) is 12.1 Å². The normalized spacial score (nSPS) is 10.2. The van der Waals surface area contributed by atoms with Gasteiger partial charge >= 0.3 is 5.97 Å². The third kappa shape index (κ3) is 2.92. The number of methoxy groups -OCH3 is 1. The molecule has 8 heteroatoms. The Morgan fingerprint density at radius 1 is 1.53 bits per heavy atom. The van der Waals surface area contributed by atoms with Crippen LogP contribution >= 0.6 is 0 Å². The van der Waals surface area contributed by atoms with Crippen LogP contribution < -0.4 is 0 Å². The number of nitrogens with zero attached hydrogens (tertiary/aromatic N) is 4. The fourth-order valence-electron chi connectivity index (χ4n) is 1.53. The van der Waals surface area contributed by atoms with Crippen LogP contribution in [0.25, 0.3) is 0 Å². The molecule has 1 aromatic carbocycles. The van der Waals surface area contributed by atoms with Crippen molar-refractivity contribution < 1.29 is 14.5 Å². The van der Waals surface area contributed by atoms with Crippen LogP contribution in [-0.2, 0) is 11.3 Å². The molecule has 1 aromatic heterocycles. The zero-order valence-corrected chi connectivity index (χ0v) is 10.0. The second-order valence-electron chi connectivity index (χ2n) is 3.72. The van der Waals surface area contributed by atoms with Gasteiger partial charge in [-0.2, -0.15) is 0 Å². The number of carbonyl (C=O) groups excluding carboxylic acids is 1. The monoisotopic (exact) mass is 262 g/mol. The van der Waals surface area contributed by atoms with Gasteiger partial charge in [0, 0.05) is 12.1 Å². The minimum Gasteiger partial charge on any atom is -0.464 e. The Kier molecular flexibility index (Phi) is 3.51. The molecule has 0 saturated carbocycles. The first-order valence-corrected chi connectivity index (χ1v) is 5.32. The highest BCUT2D eigenvalue weighted by atomic mass is 16.6. The zero-order chi connectivity index (χ0) is 13.8. The molecule has 0 atom stereocenters. The van der Waals surface area contributed by atoms with E-state index < -0.39 is 10.9 Å². The second-order valence-corrected chi connectivity index (χ2v) is 3.72. The van der Waals surface area contributed by atoms with Gasteiger partial charge in [-0.25, -0.2) is 9.48 Å². The molecule has 0 spiro atoms. The first-order valence-electron chi connectivity index (χ1n) is 5.32. The molecule has 98 valence electrons. The Hall–Kier alpha value is -2.77. The molecule has 0 saturated heterocycles. The van der Waals surface area contributed by atoms with Crippen molar-refractivity contribution in [1.29, 1.82) is 0 Å². The fourth-order valence-corrected chi connectivity index (χ4v) is 1.53. The molecule has 0 fully saturated rings. The van der Waals surface area contributed by atoms with Crippen molar-refractivity contribution in [3.05, 3.63) is 51.8 Å². The lowest BCUT2D eigenvalue weighted by Crippen LogP contribution is -2.02. The lowest BCUT2D eigenvalue weighted by molar-refractivity contribution is -0.384. The summed E-state index contributed by atoms with van der Waals surface area (Å²) in [6, 6.07) is 6.17. The number of carbonyl (C=O) groups is 1. The van der Waals surface area contributed by atoms with Gasteiger partial charge in [-0.15, -0.1) is 5.10 Å². The Balaban J connectivity index is 2.17. The number of aromatic nitrogens is 3. The average Bonchev–Trinajstić information content (AvgIpc) is 2.86. The highest BCUT2D eigenvalue weighted by Gasteiger charge is 2.11. The molecule has 0 amide bonds. The maximum absolute atomic E-state index is 11.2. The second kappa shape index (κ2) is 5.25. The van der Waals surface area contributed by atoms with E-state index in [2.05, 4.69) is 15.0 Å². The summed E-state index contributed by atoms with van der Waals surface area (Å²) < 4.78 is 5.91. The van der Waals surface area contributed by atoms with Crippen molar-refractivity contribution in [2.45, 2.75) is 6.54 Å². The van der Waals surface area contributed by atoms with Crippen molar-refractivity contribution in [1.82, 2.24) is 15.0 Å². The van der Waals surface area contributed by atoms with Gasteiger partial charge in [0.25, 0.3) is 5.69 Å². The van der Waals surface area contributed by atoms with Gasteiger partial charge in [0.1, 0.15) is 0 Å². The number of hydrogen-bond acceptors (Lipinski definition) is 6. The van der Waals surface area contributed by atoms with Crippen LogP contribution in [0.3, 0.4) is 0 Å². The van der Waals surface area contributed by atoms with Gasteiger partial charge < -0.3 is 4.74 Å². The highest BCUT2D eigenvalue weighted by Crippen LogP contribution is 2.13. The largest absolute Gasteiger partial charge is 0.464 e. The molecule has 2 aromatic rings. The summed E-state index contributed by atoms with van der Waals surface area (Å²) in [6.45, 7) is 0.283. The van der Waals surface area contributed by atoms with Gasteiger partial charge in [-0.1, -0.05) is 17.3 Å². The van der Waals surface area contributed by atoms with E-state index in [1.165, 1.54) is 30.1 Å². The Labute approximate surface area is 107 Å². The summed E-state index contributed by atoms with van der Waals surface area (Å²) in [5.74, 6) is -0.578. The van der Waals surface area contributed by atoms with E-state index in [0.29, 0.717) is 5.56 Å². The number of non-ortho nitro benzene ring substituents is 1. The molecule has 0 radical (unpaired) electrons. The molecule has 19 heavy (non-hydrogen) atoms. The van der Waals surface area contributed by atoms with Crippen LogP contribution in [0.15, 0.2) is 30.5 Å². The number of hydrogen-bond donors (Lipinski definition) is 0. The SMILES string of the molecule is COC(=O)c1cn(Cc2cccc([N+](=O)[O-])c2)nn1.